The number of thioether (sulfide) groups is 1. The molecule has 0 saturated heterocycles. The van der Waals surface area contributed by atoms with Crippen molar-refractivity contribution in [2.45, 2.75) is 42.8 Å². The van der Waals surface area contributed by atoms with Crippen LogP contribution in [0.3, 0.4) is 0 Å². The van der Waals surface area contributed by atoms with Crippen molar-refractivity contribution in [3.8, 4) is 5.75 Å². The molecule has 0 fully saturated rings. The van der Waals surface area contributed by atoms with E-state index in [4.69, 9.17) is 4.52 Å². The number of carbonyl (C=O) groups is 1. The predicted molar refractivity (Wildman–Crippen MR) is 116 cm³/mol. The van der Waals surface area contributed by atoms with Gasteiger partial charge in [-0.1, -0.05) is 23.4 Å². The van der Waals surface area contributed by atoms with Gasteiger partial charge in [0.2, 0.25) is 5.43 Å². The normalized spacial score (nSPS) is 18.7. The van der Waals surface area contributed by atoms with Crippen molar-refractivity contribution in [1.29, 1.82) is 0 Å². The third-order valence-electron chi connectivity index (χ3n) is 6.16. The Morgan fingerprint density at radius 2 is 1.97 bits per heavy atom. The number of amides is 1. The Kier molecular flexibility index (Phi) is 5.15. The number of alkyl halides is 3. The second-order valence-electron chi connectivity index (χ2n) is 8.13. The SMILES string of the molecule is Cc1noc2c1[C@H](N1CN([C@H](C)C(F)(F)F)C(=O)c3c(O)c(=O)ccn31)c1ccccc1SC2. The van der Waals surface area contributed by atoms with E-state index in [1.165, 1.54) is 27.6 Å². The van der Waals surface area contributed by atoms with Crippen LogP contribution >= 0.6 is 11.8 Å². The number of carbonyl (C=O) groups excluding carboxylic acids is 1. The van der Waals surface area contributed by atoms with Gasteiger partial charge in [-0.2, -0.15) is 13.2 Å². The summed E-state index contributed by atoms with van der Waals surface area (Å²) in [6.45, 7) is 2.16. The summed E-state index contributed by atoms with van der Waals surface area (Å²) in [7, 11) is 0. The summed E-state index contributed by atoms with van der Waals surface area (Å²) in [5.74, 6) is -0.978. The topological polar surface area (TPSA) is 91.8 Å². The van der Waals surface area contributed by atoms with Gasteiger partial charge in [-0.3, -0.25) is 19.3 Å². The summed E-state index contributed by atoms with van der Waals surface area (Å²) in [6.07, 6.45) is -3.43. The first kappa shape index (κ1) is 22.4. The molecular formula is C22H19F3N4O4S. The number of benzene rings is 1. The van der Waals surface area contributed by atoms with Gasteiger partial charge in [-0.25, -0.2) is 0 Å². The molecule has 1 amide bonds. The average Bonchev–Trinajstić information content (AvgIpc) is 3.06. The molecule has 4 heterocycles. The lowest BCUT2D eigenvalue weighted by atomic mass is 9.96. The van der Waals surface area contributed by atoms with E-state index in [0.717, 1.165) is 23.4 Å². The average molecular weight is 492 g/mol. The van der Waals surface area contributed by atoms with Gasteiger partial charge in [-0.05, 0) is 25.5 Å². The highest BCUT2D eigenvalue weighted by atomic mass is 32.2. The second-order valence-corrected chi connectivity index (χ2v) is 9.15. The molecule has 1 N–H and O–H groups in total. The van der Waals surface area contributed by atoms with E-state index in [1.807, 2.05) is 24.3 Å². The molecule has 2 aliphatic heterocycles. The number of fused-ring (bicyclic) bond motifs is 3. The number of hydrogen-bond donors (Lipinski definition) is 1. The van der Waals surface area contributed by atoms with Crippen LogP contribution in [0.25, 0.3) is 0 Å². The second kappa shape index (κ2) is 7.83. The minimum atomic E-state index is -4.72. The van der Waals surface area contributed by atoms with Gasteiger partial charge >= 0.3 is 6.18 Å². The third-order valence-corrected chi connectivity index (χ3v) is 7.25. The molecule has 0 spiro atoms. The van der Waals surface area contributed by atoms with Crippen molar-refractivity contribution in [3.63, 3.8) is 0 Å². The molecule has 0 radical (unpaired) electrons. The van der Waals surface area contributed by atoms with Crippen LogP contribution in [0.1, 0.15) is 46.0 Å². The smallest absolute Gasteiger partial charge is 0.408 e. The lowest BCUT2D eigenvalue weighted by Crippen LogP contribution is -2.60. The van der Waals surface area contributed by atoms with Crippen LogP contribution in [0, 0.1) is 6.92 Å². The van der Waals surface area contributed by atoms with Gasteiger partial charge in [0.1, 0.15) is 18.8 Å². The number of aromatic nitrogens is 2. The number of halogens is 3. The Hall–Kier alpha value is -3.41. The standard InChI is InChI=1S/C22H19F3N4O4S/c1-11-17-15(33-26-11)9-34-16-6-4-3-5-13(16)18(17)29-10-27(12(2)22(23,24)25)21(32)19-20(31)14(30)7-8-28(19)29/h3-8,12,18,31H,9-10H2,1-2H3/t12-,18-/m1/s1. The zero-order valence-electron chi connectivity index (χ0n) is 18.0. The Labute approximate surface area is 195 Å². The van der Waals surface area contributed by atoms with Crippen LogP contribution in [0.15, 0.2) is 50.7 Å². The highest BCUT2D eigenvalue weighted by Crippen LogP contribution is 2.44. The molecule has 3 aromatic rings. The van der Waals surface area contributed by atoms with E-state index >= 15 is 0 Å². The lowest BCUT2D eigenvalue weighted by Gasteiger charge is -2.45. The number of hydrogen-bond acceptors (Lipinski definition) is 7. The summed E-state index contributed by atoms with van der Waals surface area (Å²) < 4.78 is 47.9. The van der Waals surface area contributed by atoms with Crippen LogP contribution in [-0.2, 0) is 5.75 Å². The van der Waals surface area contributed by atoms with E-state index in [2.05, 4.69) is 5.16 Å². The van der Waals surface area contributed by atoms with Crippen molar-refractivity contribution < 1.29 is 27.6 Å². The highest BCUT2D eigenvalue weighted by molar-refractivity contribution is 7.98. The molecule has 0 saturated carbocycles. The van der Waals surface area contributed by atoms with Crippen molar-refractivity contribution >= 4 is 17.7 Å². The quantitative estimate of drug-likeness (QED) is 0.585. The fraction of sp³-hybridized carbons (Fsp3) is 0.318. The first-order valence-electron chi connectivity index (χ1n) is 10.4. The largest absolute Gasteiger partial charge is 0.502 e. The summed E-state index contributed by atoms with van der Waals surface area (Å²) in [4.78, 5) is 26.8. The van der Waals surface area contributed by atoms with Crippen LogP contribution < -0.4 is 10.4 Å². The van der Waals surface area contributed by atoms with Crippen LogP contribution in [-0.4, -0.2) is 44.6 Å². The fourth-order valence-electron chi connectivity index (χ4n) is 4.36. The van der Waals surface area contributed by atoms with Crippen molar-refractivity contribution in [2.24, 2.45) is 0 Å². The molecule has 0 bridgehead atoms. The third kappa shape index (κ3) is 3.35. The maximum atomic E-state index is 13.7. The number of nitrogens with zero attached hydrogens (tertiary/aromatic N) is 4. The molecule has 0 unspecified atom stereocenters. The highest BCUT2D eigenvalue weighted by Gasteiger charge is 2.48. The van der Waals surface area contributed by atoms with Gasteiger partial charge in [-0.15, -0.1) is 11.8 Å². The first-order chi connectivity index (χ1) is 16.1. The molecule has 178 valence electrons. The summed E-state index contributed by atoms with van der Waals surface area (Å²) in [5.41, 5.74) is 0.599. The predicted octanol–water partition coefficient (Wildman–Crippen LogP) is 3.55. The summed E-state index contributed by atoms with van der Waals surface area (Å²) >= 11 is 1.50. The maximum Gasteiger partial charge on any atom is 0.408 e. The van der Waals surface area contributed by atoms with Gasteiger partial charge in [0.15, 0.2) is 17.2 Å². The van der Waals surface area contributed by atoms with Crippen molar-refractivity contribution in [2.75, 3.05) is 11.7 Å². The van der Waals surface area contributed by atoms with Crippen molar-refractivity contribution in [1.82, 2.24) is 14.7 Å². The van der Waals surface area contributed by atoms with Gasteiger partial charge in [0.05, 0.1) is 11.4 Å². The molecule has 0 aliphatic carbocycles. The number of pyridine rings is 1. The van der Waals surface area contributed by atoms with Gasteiger partial charge in [0, 0.05) is 22.7 Å². The molecule has 2 aliphatic rings. The van der Waals surface area contributed by atoms with Gasteiger partial charge in [0.25, 0.3) is 5.91 Å². The van der Waals surface area contributed by atoms with Crippen molar-refractivity contribution in [3.05, 3.63) is 75.0 Å². The van der Waals surface area contributed by atoms with E-state index < -0.39 is 47.7 Å². The van der Waals surface area contributed by atoms with Crippen LogP contribution in [0.5, 0.6) is 5.75 Å². The Morgan fingerprint density at radius 3 is 2.71 bits per heavy atom. The molecule has 8 nitrogen and oxygen atoms in total. The zero-order valence-corrected chi connectivity index (χ0v) is 18.9. The molecule has 34 heavy (non-hydrogen) atoms. The fourth-order valence-corrected chi connectivity index (χ4v) is 5.38. The summed E-state index contributed by atoms with van der Waals surface area (Å²) in [5, 5.41) is 16.1. The molecule has 1 aromatic carbocycles. The molecule has 2 atom stereocenters. The van der Waals surface area contributed by atoms with Crippen LogP contribution in [0.2, 0.25) is 0 Å². The van der Waals surface area contributed by atoms with E-state index in [-0.39, 0.29) is 0 Å². The summed E-state index contributed by atoms with van der Waals surface area (Å²) in [6, 6.07) is 5.63. The zero-order chi connectivity index (χ0) is 24.4. The molecule has 12 heteroatoms. The Morgan fingerprint density at radius 1 is 1.24 bits per heavy atom. The molecular weight excluding hydrogens is 473 g/mol. The Balaban J connectivity index is 1.78. The maximum absolute atomic E-state index is 13.7. The lowest BCUT2D eigenvalue weighted by molar-refractivity contribution is -0.173. The molecule has 2 aromatic heterocycles. The minimum absolute atomic E-state index is 0.456. The monoisotopic (exact) mass is 492 g/mol. The number of aromatic hydroxyl groups is 1. The van der Waals surface area contributed by atoms with E-state index in [1.54, 1.807) is 6.92 Å². The minimum Gasteiger partial charge on any atom is -0.502 e. The first-order valence-corrected chi connectivity index (χ1v) is 11.3. The van der Waals surface area contributed by atoms with Gasteiger partial charge < -0.3 is 14.5 Å². The number of aryl methyl sites for hydroxylation is 1. The van der Waals surface area contributed by atoms with E-state index in [0.29, 0.717) is 27.7 Å². The van der Waals surface area contributed by atoms with Crippen LogP contribution in [0.4, 0.5) is 13.2 Å². The van der Waals surface area contributed by atoms with E-state index in [9.17, 15) is 27.9 Å². The Bertz CT molecular complexity index is 1350. The molecule has 5 rings (SSSR count). The number of rotatable bonds is 2.